The molecule has 0 saturated carbocycles. The van der Waals surface area contributed by atoms with Crippen LogP contribution >= 0.6 is 0 Å². The summed E-state index contributed by atoms with van der Waals surface area (Å²) in [6, 6.07) is 1.02. The van der Waals surface area contributed by atoms with Crippen molar-refractivity contribution >= 4 is 5.91 Å². The van der Waals surface area contributed by atoms with Crippen LogP contribution in [0.15, 0.2) is 6.33 Å². The van der Waals surface area contributed by atoms with E-state index < -0.39 is 0 Å². The molecular formula is C17H29N5O2. The second kappa shape index (κ2) is 6.80. The number of aromatic nitrogens is 3. The number of hydrogen-bond donors (Lipinski definition) is 0. The first-order valence-electron chi connectivity index (χ1n) is 8.84. The number of ether oxygens (including phenoxy) is 1. The maximum Gasteiger partial charge on any atom is 0.293 e. The summed E-state index contributed by atoms with van der Waals surface area (Å²) in [5, 5.41) is 4.14. The number of carbonyl (C=O) groups is 1. The first kappa shape index (κ1) is 17.4. The number of methoxy groups -OCH3 is 1. The lowest BCUT2D eigenvalue weighted by molar-refractivity contribution is 0.0570. The molecule has 0 radical (unpaired) electrons. The van der Waals surface area contributed by atoms with Crippen molar-refractivity contribution in [3.05, 3.63) is 12.2 Å². The number of piperidine rings is 1. The molecule has 7 nitrogen and oxygen atoms in total. The predicted octanol–water partition coefficient (Wildman–Crippen LogP) is 1.17. The number of amides is 1. The van der Waals surface area contributed by atoms with E-state index in [0.29, 0.717) is 23.3 Å². The average Bonchev–Trinajstić information content (AvgIpc) is 3.13. The number of rotatable bonds is 4. The van der Waals surface area contributed by atoms with Crippen LogP contribution in [0, 0.1) is 5.41 Å². The van der Waals surface area contributed by atoms with E-state index in [0.717, 1.165) is 39.1 Å². The zero-order valence-electron chi connectivity index (χ0n) is 15.2. The Labute approximate surface area is 144 Å². The Kier molecular flexibility index (Phi) is 4.92. The Bertz CT molecular complexity index is 577. The van der Waals surface area contributed by atoms with Crippen LogP contribution in [-0.2, 0) is 11.8 Å². The largest absolute Gasteiger partial charge is 0.383 e. The van der Waals surface area contributed by atoms with Gasteiger partial charge in [-0.1, -0.05) is 0 Å². The molecule has 3 heterocycles. The molecule has 1 spiro atoms. The van der Waals surface area contributed by atoms with Crippen LogP contribution in [-0.4, -0.2) is 75.9 Å². The molecule has 2 aliphatic rings. The normalized spacial score (nSPS) is 24.2. The van der Waals surface area contributed by atoms with Gasteiger partial charge >= 0.3 is 0 Å². The van der Waals surface area contributed by atoms with E-state index in [1.807, 2.05) is 4.90 Å². The molecule has 2 saturated heterocycles. The van der Waals surface area contributed by atoms with E-state index in [-0.39, 0.29) is 5.91 Å². The summed E-state index contributed by atoms with van der Waals surface area (Å²) in [5.41, 5.74) is 0.321. The maximum absolute atomic E-state index is 12.5. The van der Waals surface area contributed by atoms with E-state index in [4.69, 9.17) is 4.74 Å². The van der Waals surface area contributed by atoms with Crippen LogP contribution in [0.2, 0.25) is 0 Å². The van der Waals surface area contributed by atoms with Crippen LogP contribution < -0.4 is 0 Å². The van der Waals surface area contributed by atoms with Crippen molar-refractivity contribution in [3.8, 4) is 0 Å². The zero-order valence-corrected chi connectivity index (χ0v) is 15.2. The van der Waals surface area contributed by atoms with Gasteiger partial charge in [0.1, 0.15) is 6.33 Å². The van der Waals surface area contributed by atoms with Gasteiger partial charge in [-0.3, -0.25) is 14.4 Å². The van der Waals surface area contributed by atoms with Crippen LogP contribution in [0.1, 0.15) is 43.7 Å². The summed E-state index contributed by atoms with van der Waals surface area (Å²) in [6.07, 6.45) is 4.85. The van der Waals surface area contributed by atoms with E-state index in [1.165, 1.54) is 6.42 Å². The van der Waals surface area contributed by atoms with Gasteiger partial charge in [-0.15, -0.1) is 5.10 Å². The molecule has 0 aliphatic carbocycles. The molecule has 0 bridgehead atoms. The molecule has 3 rings (SSSR count). The van der Waals surface area contributed by atoms with Gasteiger partial charge in [-0.05, 0) is 38.5 Å². The van der Waals surface area contributed by atoms with Crippen molar-refractivity contribution in [2.24, 2.45) is 12.5 Å². The quantitative estimate of drug-likeness (QED) is 0.826. The van der Waals surface area contributed by atoms with Crippen molar-refractivity contribution in [2.75, 3.05) is 33.4 Å². The van der Waals surface area contributed by atoms with E-state index in [9.17, 15) is 4.79 Å². The fraction of sp³-hybridized carbons (Fsp3) is 0.824. The van der Waals surface area contributed by atoms with Gasteiger partial charge in [0.15, 0.2) is 0 Å². The SMILES string of the molecule is COCC1CC2(CCN(C(=O)c3ncn(C)n3)CC2)CN1C(C)C. The van der Waals surface area contributed by atoms with Gasteiger partial charge in [0.2, 0.25) is 5.82 Å². The minimum Gasteiger partial charge on any atom is -0.383 e. The van der Waals surface area contributed by atoms with Crippen LogP contribution in [0.5, 0.6) is 0 Å². The Morgan fingerprint density at radius 3 is 2.67 bits per heavy atom. The second-order valence-electron chi connectivity index (χ2n) is 7.61. The minimum absolute atomic E-state index is 0.0439. The summed E-state index contributed by atoms with van der Waals surface area (Å²) in [6.45, 7) is 8.01. The Balaban J connectivity index is 1.63. The predicted molar refractivity (Wildman–Crippen MR) is 90.7 cm³/mol. The second-order valence-corrected chi connectivity index (χ2v) is 7.61. The van der Waals surface area contributed by atoms with Crippen molar-refractivity contribution in [1.29, 1.82) is 0 Å². The molecule has 1 unspecified atom stereocenters. The third kappa shape index (κ3) is 3.32. The number of carbonyl (C=O) groups excluding carboxylic acids is 1. The topological polar surface area (TPSA) is 63.5 Å². The van der Waals surface area contributed by atoms with Gasteiger partial charge in [-0.2, -0.15) is 0 Å². The molecule has 1 aromatic rings. The smallest absolute Gasteiger partial charge is 0.293 e. The number of nitrogens with zero attached hydrogens (tertiary/aromatic N) is 5. The van der Waals surface area contributed by atoms with Crippen molar-refractivity contribution in [3.63, 3.8) is 0 Å². The summed E-state index contributed by atoms with van der Waals surface area (Å²) in [5.74, 6) is 0.263. The first-order valence-corrected chi connectivity index (χ1v) is 8.84. The monoisotopic (exact) mass is 335 g/mol. The fourth-order valence-corrected chi connectivity index (χ4v) is 4.27. The summed E-state index contributed by atoms with van der Waals surface area (Å²) >= 11 is 0. The highest BCUT2D eigenvalue weighted by Gasteiger charge is 2.46. The zero-order chi connectivity index (χ0) is 17.3. The van der Waals surface area contributed by atoms with Crippen LogP contribution in [0.4, 0.5) is 0 Å². The molecule has 2 aliphatic heterocycles. The van der Waals surface area contributed by atoms with Gasteiger partial charge < -0.3 is 9.64 Å². The Morgan fingerprint density at radius 2 is 2.12 bits per heavy atom. The number of likely N-dealkylation sites (tertiary alicyclic amines) is 2. The average molecular weight is 335 g/mol. The highest BCUT2D eigenvalue weighted by atomic mass is 16.5. The van der Waals surface area contributed by atoms with Crippen molar-refractivity contribution in [1.82, 2.24) is 24.6 Å². The molecule has 7 heteroatoms. The molecule has 1 aromatic heterocycles. The summed E-state index contributed by atoms with van der Waals surface area (Å²) in [4.78, 5) is 21.1. The first-order chi connectivity index (χ1) is 11.4. The molecule has 24 heavy (non-hydrogen) atoms. The standard InChI is InChI=1S/C17H29N5O2/c1-13(2)22-11-17(9-14(22)10-24-4)5-7-21(8-6-17)16(23)15-18-12-20(3)19-15/h12-14H,5-11H2,1-4H3. The molecular weight excluding hydrogens is 306 g/mol. The van der Waals surface area contributed by atoms with Gasteiger partial charge in [0.05, 0.1) is 6.61 Å². The van der Waals surface area contributed by atoms with E-state index >= 15 is 0 Å². The van der Waals surface area contributed by atoms with Gasteiger partial charge in [0.25, 0.3) is 5.91 Å². The lowest BCUT2D eigenvalue weighted by Gasteiger charge is -2.39. The summed E-state index contributed by atoms with van der Waals surface area (Å²) < 4.78 is 7.01. The fourth-order valence-electron chi connectivity index (χ4n) is 4.27. The third-order valence-corrected chi connectivity index (χ3v) is 5.58. The molecule has 1 atom stereocenters. The molecule has 0 aromatic carbocycles. The van der Waals surface area contributed by atoms with Crippen molar-refractivity contribution in [2.45, 2.75) is 45.2 Å². The highest BCUT2D eigenvalue weighted by Crippen LogP contribution is 2.44. The number of hydrogen-bond acceptors (Lipinski definition) is 5. The Morgan fingerprint density at radius 1 is 1.42 bits per heavy atom. The van der Waals surface area contributed by atoms with Crippen LogP contribution in [0.3, 0.4) is 0 Å². The lowest BCUT2D eigenvalue weighted by atomic mass is 9.76. The Hall–Kier alpha value is -1.47. The molecule has 134 valence electrons. The highest BCUT2D eigenvalue weighted by molar-refractivity contribution is 5.90. The van der Waals surface area contributed by atoms with Gasteiger partial charge in [0, 0.05) is 45.9 Å². The number of aryl methyl sites for hydroxylation is 1. The lowest BCUT2D eigenvalue weighted by Crippen LogP contribution is -2.45. The molecule has 0 N–H and O–H groups in total. The third-order valence-electron chi connectivity index (χ3n) is 5.58. The van der Waals surface area contributed by atoms with Gasteiger partial charge in [-0.25, -0.2) is 4.98 Å². The van der Waals surface area contributed by atoms with Crippen LogP contribution in [0.25, 0.3) is 0 Å². The van der Waals surface area contributed by atoms with E-state index in [2.05, 4.69) is 28.8 Å². The minimum atomic E-state index is -0.0439. The van der Waals surface area contributed by atoms with Crippen molar-refractivity contribution < 1.29 is 9.53 Å². The maximum atomic E-state index is 12.5. The molecule has 2 fully saturated rings. The summed E-state index contributed by atoms with van der Waals surface area (Å²) in [7, 11) is 3.56. The molecule has 1 amide bonds. The van der Waals surface area contributed by atoms with E-state index in [1.54, 1.807) is 25.2 Å².